The molecule has 2 rings (SSSR count). The SMILES string of the molecule is Cc1ccc(F)c(-c2ccc(C(C)N)cc2)c1. The van der Waals surface area contributed by atoms with E-state index in [1.54, 1.807) is 6.07 Å². The molecule has 88 valence electrons. The van der Waals surface area contributed by atoms with Crippen LogP contribution in [0.3, 0.4) is 0 Å². The van der Waals surface area contributed by atoms with E-state index in [4.69, 9.17) is 5.73 Å². The first-order chi connectivity index (χ1) is 8.08. The van der Waals surface area contributed by atoms with Gasteiger partial charge in [0.25, 0.3) is 0 Å². The number of rotatable bonds is 2. The molecule has 0 saturated heterocycles. The number of halogens is 1. The van der Waals surface area contributed by atoms with Crippen molar-refractivity contribution >= 4 is 0 Å². The van der Waals surface area contributed by atoms with Crippen molar-refractivity contribution in [1.29, 1.82) is 0 Å². The Labute approximate surface area is 101 Å². The maximum Gasteiger partial charge on any atom is 0.131 e. The lowest BCUT2D eigenvalue weighted by molar-refractivity contribution is 0.631. The lowest BCUT2D eigenvalue weighted by Crippen LogP contribution is -2.04. The smallest absolute Gasteiger partial charge is 0.131 e. The summed E-state index contributed by atoms with van der Waals surface area (Å²) in [6.07, 6.45) is 0. The van der Waals surface area contributed by atoms with Gasteiger partial charge in [0.15, 0.2) is 0 Å². The third-order valence-corrected chi connectivity index (χ3v) is 2.87. The Morgan fingerprint density at radius 2 is 1.71 bits per heavy atom. The maximum absolute atomic E-state index is 13.7. The van der Waals surface area contributed by atoms with Crippen LogP contribution in [0.15, 0.2) is 42.5 Å². The fourth-order valence-electron chi connectivity index (χ4n) is 1.83. The summed E-state index contributed by atoms with van der Waals surface area (Å²) in [6.45, 7) is 3.89. The number of nitrogens with two attached hydrogens (primary N) is 1. The molecule has 1 unspecified atom stereocenters. The average molecular weight is 229 g/mol. The zero-order valence-electron chi connectivity index (χ0n) is 10.1. The van der Waals surface area contributed by atoms with E-state index in [0.29, 0.717) is 5.56 Å². The van der Waals surface area contributed by atoms with Crippen molar-refractivity contribution in [2.45, 2.75) is 19.9 Å². The molecule has 2 aromatic rings. The minimum Gasteiger partial charge on any atom is -0.324 e. The topological polar surface area (TPSA) is 26.0 Å². The number of benzene rings is 2. The van der Waals surface area contributed by atoms with Crippen LogP contribution in [0.25, 0.3) is 11.1 Å². The normalized spacial score (nSPS) is 12.5. The molecule has 1 atom stereocenters. The van der Waals surface area contributed by atoms with Gasteiger partial charge in [-0.1, -0.05) is 35.9 Å². The molecule has 0 radical (unpaired) electrons. The summed E-state index contributed by atoms with van der Waals surface area (Å²) in [4.78, 5) is 0. The molecular weight excluding hydrogens is 213 g/mol. The summed E-state index contributed by atoms with van der Waals surface area (Å²) in [5.74, 6) is -0.191. The molecule has 2 aromatic carbocycles. The van der Waals surface area contributed by atoms with Crippen LogP contribution in [0.1, 0.15) is 24.1 Å². The largest absolute Gasteiger partial charge is 0.324 e. The number of hydrogen-bond donors (Lipinski definition) is 1. The highest BCUT2D eigenvalue weighted by Gasteiger charge is 2.06. The zero-order chi connectivity index (χ0) is 12.4. The van der Waals surface area contributed by atoms with E-state index in [1.165, 1.54) is 6.07 Å². The highest BCUT2D eigenvalue weighted by Crippen LogP contribution is 2.25. The van der Waals surface area contributed by atoms with Crippen molar-refractivity contribution in [1.82, 2.24) is 0 Å². The maximum atomic E-state index is 13.7. The molecule has 17 heavy (non-hydrogen) atoms. The molecule has 0 aliphatic heterocycles. The number of aryl methyl sites for hydroxylation is 1. The quantitative estimate of drug-likeness (QED) is 0.832. The Morgan fingerprint density at radius 1 is 1.06 bits per heavy atom. The third-order valence-electron chi connectivity index (χ3n) is 2.87. The van der Waals surface area contributed by atoms with Crippen LogP contribution in [0.4, 0.5) is 4.39 Å². The standard InChI is InChI=1S/C15H16FN/c1-10-3-8-15(16)14(9-10)13-6-4-12(5-7-13)11(2)17/h3-9,11H,17H2,1-2H3. The molecule has 2 heteroatoms. The van der Waals surface area contributed by atoms with E-state index in [2.05, 4.69) is 0 Å². The van der Waals surface area contributed by atoms with E-state index < -0.39 is 0 Å². The summed E-state index contributed by atoms with van der Waals surface area (Å²) in [5, 5.41) is 0. The molecular formula is C15H16FN. The second-order valence-corrected chi connectivity index (χ2v) is 4.39. The van der Waals surface area contributed by atoms with Crippen LogP contribution >= 0.6 is 0 Å². The van der Waals surface area contributed by atoms with Crippen LogP contribution in [0.5, 0.6) is 0 Å². The third kappa shape index (κ3) is 2.53. The molecule has 0 spiro atoms. The molecule has 0 saturated carbocycles. The molecule has 0 aliphatic rings. The Morgan fingerprint density at radius 3 is 2.29 bits per heavy atom. The van der Waals surface area contributed by atoms with Gasteiger partial charge in [0.1, 0.15) is 5.82 Å². The molecule has 1 nitrogen and oxygen atoms in total. The van der Waals surface area contributed by atoms with Crippen LogP contribution in [0, 0.1) is 12.7 Å². The monoisotopic (exact) mass is 229 g/mol. The molecule has 0 bridgehead atoms. The van der Waals surface area contributed by atoms with Gasteiger partial charge in [-0.2, -0.15) is 0 Å². The van der Waals surface area contributed by atoms with E-state index in [1.807, 2.05) is 44.2 Å². The highest BCUT2D eigenvalue weighted by atomic mass is 19.1. The summed E-state index contributed by atoms with van der Waals surface area (Å²) < 4.78 is 13.7. The van der Waals surface area contributed by atoms with Gasteiger partial charge in [-0.25, -0.2) is 4.39 Å². The number of hydrogen-bond acceptors (Lipinski definition) is 1. The molecule has 2 N–H and O–H groups in total. The average Bonchev–Trinajstić information content (AvgIpc) is 2.32. The first-order valence-electron chi connectivity index (χ1n) is 5.70. The molecule has 0 aromatic heterocycles. The van der Waals surface area contributed by atoms with E-state index in [0.717, 1.165) is 16.7 Å². The molecule has 0 fully saturated rings. The Bertz CT molecular complexity index is 515. The summed E-state index contributed by atoms with van der Waals surface area (Å²) in [6, 6.07) is 12.9. The second-order valence-electron chi connectivity index (χ2n) is 4.39. The van der Waals surface area contributed by atoms with Crippen LogP contribution in [0.2, 0.25) is 0 Å². The van der Waals surface area contributed by atoms with Crippen molar-refractivity contribution in [2.75, 3.05) is 0 Å². The van der Waals surface area contributed by atoms with Gasteiger partial charge in [-0.15, -0.1) is 0 Å². The van der Waals surface area contributed by atoms with Gasteiger partial charge < -0.3 is 5.73 Å². The van der Waals surface area contributed by atoms with Gasteiger partial charge >= 0.3 is 0 Å². The lowest BCUT2D eigenvalue weighted by Gasteiger charge is -2.08. The Kier molecular flexibility index (Phi) is 3.25. The van der Waals surface area contributed by atoms with Crippen molar-refractivity contribution in [2.24, 2.45) is 5.73 Å². The van der Waals surface area contributed by atoms with Gasteiger partial charge in [0.2, 0.25) is 0 Å². The van der Waals surface area contributed by atoms with Gasteiger partial charge in [0.05, 0.1) is 0 Å². The fourth-order valence-corrected chi connectivity index (χ4v) is 1.83. The Balaban J connectivity index is 2.43. The summed E-state index contributed by atoms with van der Waals surface area (Å²) in [7, 11) is 0. The lowest BCUT2D eigenvalue weighted by atomic mass is 10.00. The molecule has 0 heterocycles. The minimum absolute atomic E-state index is 0.00593. The molecule has 0 aliphatic carbocycles. The predicted molar refractivity (Wildman–Crippen MR) is 69.2 cm³/mol. The first-order valence-corrected chi connectivity index (χ1v) is 5.70. The van der Waals surface area contributed by atoms with Gasteiger partial charge in [-0.3, -0.25) is 0 Å². The summed E-state index contributed by atoms with van der Waals surface area (Å²) >= 11 is 0. The van der Waals surface area contributed by atoms with Crippen LogP contribution in [-0.4, -0.2) is 0 Å². The van der Waals surface area contributed by atoms with Crippen LogP contribution < -0.4 is 5.73 Å². The first kappa shape index (κ1) is 11.8. The zero-order valence-corrected chi connectivity index (χ0v) is 10.1. The molecule has 0 amide bonds. The van der Waals surface area contributed by atoms with Crippen molar-refractivity contribution in [3.8, 4) is 11.1 Å². The van der Waals surface area contributed by atoms with Gasteiger partial charge in [-0.05, 0) is 37.1 Å². The minimum atomic E-state index is -0.191. The second kappa shape index (κ2) is 4.68. The van der Waals surface area contributed by atoms with Crippen molar-refractivity contribution in [3.05, 3.63) is 59.4 Å². The van der Waals surface area contributed by atoms with E-state index >= 15 is 0 Å². The van der Waals surface area contributed by atoms with Crippen LogP contribution in [-0.2, 0) is 0 Å². The van der Waals surface area contributed by atoms with E-state index in [-0.39, 0.29) is 11.9 Å². The van der Waals surface area contributed by atoms with Crippen molar-refractivity contribution < 1.29 is 4.39 Å². The van der Waals surface area contributed by atoms with Gasteiger partial charge in [0, 0.05) is 11.6 Å². The van der Waals surface area contributed by atoms with E-state index in [9.17, 15) is 4.39 Å². The Hall–Kier alpha value is -1.67. The fraction of sp³-hybridized carbons (Fsp3) is 0.200. The highest BCUT2D eigenvalue weighted by molar-refractivity contribution is 5.65. The summed E-state index contributed by atoms with van der Waals surface area (Å²) in [5.41, 5.74) is 9.42. The van der Waals surface area contributed by atoms with Crippen molar-refractivity contribution in [3.63, 3.8) is 0 Å². The predicted octanol–water partition coefficient (Wildman–Crippen LogP) is 3.82.